The molecule has 1 fully saturated rings. The summed E-state index contributed by atoms with van der Waals surface area (Å²) in [5, 5.41) is 3.83. The molecule has 1 N–H and O–H groups in total. The molecule has 22 heavy (non-hydrogen) atoms. The summed E-state index contributed by atoms with van der Waals surface area (Å²) in [7, 11) is 1.65. The van der Waals surface area contributed by atoms with Crippen molar-refractivity contribution in [3.8, 4) is 0 Å². The maximum Gasteiger partial charge on any atom is 0.169 e. The van der Waals surface area contributed by atoms with E-state index in [1.165, 1.54) is 6.07 Å². The Balaban J connectivity index is 1.97. The molecular weight excluding hydrogens is 303 g/mol. The molecule has 0 bridgehead atoms. The highest BCUT2D eigenvalue weighted by molar-refractivity contribution is 7.80. The molecule has 1 aromatic rings. The standard InChI is InChI=1S/C16H23FN2O2S/c1-20-9-7-18-16(22)19(12-15-6-3-8-21-15)11-13-4-2-5-14(17)10-13/h2,4-5,10,15H,3,6-9,11-12H2,1H3,(H,18,22). The monoisotopic (exact) mass is 326 g/mol. The van der Waals surface area contributed by atoms with Gasteiger partial charge in [-0.3, -0.25) is 0 Å². The third-order valence-electron chi connectivity index (χ3n) is 3.58. The number of thiocarbonyl (C=S) groups is 1. The van der Waals surface area contributed by atoms with E-state index in [9.17, 15) is 4.39 Å². The van der Waals surface area contributed by atoms with Gasteiger partial charge in [0.25, 0.3) is 0 Å². The second-order valence-electron chi connectivity index (χ2n) is 5.37. The van der Waals surface area contributed by atoms with Crippen LogP contribution in [0.1, 0.15) is 18.4 Å². The van der Waals surface area contributed by atoms with Crippen molar-refractivity contribution in [2.75, 3.05) is 33.4 Å². The molecule has 1 aliphatic heterocycles. The SMILES string of the molecule is COCCNC(=S)N(Cc1cccc(F)c1)CC1CCCO1. The lowest BCUT2D eigenvalue weighted by molar-refractivity contribution is 0.0896. The molecule has 1 unspecified atom stereocenters. The second kappa shape index (κ2) is 9.02. The van der Waals surface area contributed by atoms with Crippen molar-refractivity contribution in [1.82, 2.24) is 10.2 Å². The molecule has 0 aliphatic carbocycles. The van der Waals surface area contributed by atoms with Gasteiger partial charge in [0, 0.05) is 33.4 Å². The Morgan fingerprint density at radius 1 is 1.55 bits per heavy atom. The molecule has 1 aromatic carbocycles. The third kappa shape index (κ3) is 5.51. The lowest BCUT2D eigenvalue weighted by atomic mass is 10.2. The summed E-state index contributed by atoms with van der Waals surface area (Å²) in [5.41, 5.74) is 0.897. The summed E-state index contributed by atoms with van der Waals surface area (Å²) in [6.45, 7) is 3.34. The van der Waals surface area contributed by atoms with Crippen LogP contribution in [0.15, 0.2) is 24.3 Å². The van der Waals surface area contributed by atoms with Crippen LogP contribution in [0, 0.1) is 5.82 Å². The van der Waals surface area contributed by atoms with Crippen LogP contribution in [0.2, 0.25) is 0 Å². The maximum absolute atomic E-state index is 13.4. The number of ether oxygens (including phenoxy) is 2. The number of nitrogens with one attached hydrogen (secondary N) is 1. The van der Waals surface area contributed by atoms with E-state index in [0.29, 0.717) is 24.8 Å². The van der Waals surface area contributed by atoms with E-state index < -0.39 is 0 Å². The summed E-state index contributed by atoms with van der Waals surface area (Å²) >= 11 is 5.47. The number of methoxy groups -OCH3 is 1. The van der Waals surface area contributed by atoms with Crippen LogP contribution < -0.4 is 5.32 Å². The summed E-state index contributed by atoms with van der Waals surface area (Å²) in [5.74, 6) is -0.229. The van der Waals surface area contributed by atoms with Crippen molar-refractivity contribution < 1.29 is 13.9 Å². The zero-order valence-corrected chi connectivity index (χ0v) is 13.7. The van der Waals surface area contributed by atoms with Crippen molar-refractivity contribution >= 4 is 17.3 Å². The number of rotatable bonds is 7. The molecule has 1 heterocycles. The third-order valence-corrected chi connectivity index (χ3v) is 3.98. The zero-order valence-electron chi connectivity index (χ0n) is 12.9. The predicted molar refractivity (Wildman–Crippen MR) is 88.3 cm³/mol. The van der Waals surface area contributed by atoms with Crippen LogP contribution in [-0.4, -0.2) is 49.5 Å². The number of hydrogen-bond donors (Lipinski definition) is 1. The first kappa shape index (κ1) is 17.1. The molecule has 0 radical (unpaired) electrons. The van der Waals surface area contributed by atoms with Crippen LogP contribution in [0.25, 0.3) is 0 Å². The minimum atomic E-state index is -0.229. The molecule has 1 saturated heterocycles. The van der Waals surface area contributed by atoms with Gasteiger partial charge in [-0.15, -0.1) is 0 Å². The van der Waals surface area contributed by atoms with Gasteiger partial charge < -0.3 is 19.7 Å². The van der Waals surface area contributed by atoms with E-state index in [1.54, 1.807) is 19.2 Å². The normalized spacial score (nSPS) is 17.5. The Labute approximate surface area is 136 Å². The van der Waals surface area contributed by atoms with Crippen molar-refractivity contribution in [3.05, 3.63) is 35.6 Å². The number of nitrogens with zero attached hydrogens (tertiary/aromatic N) is 1. The summed E-state index contributed by atoms with van der Waals surface area (Å²) < 4.78 is 24.1. The van der Waals surface area contributed by atoms with Crippen molar-refractivity contribution in [3.63, 3.8) is 0 Å². The van der Waals surface area contributed by atoms with E-state index in [4.69, 9.17) is 21.7 Å². The van der Waals surface area contributed by atoms with Gasteiger partial charge >= 0.3 is 0 Å². The topological polar surface area (TPSA) is 33.7 Å². The van der Waals surface area contributed by atoms with Gasteiger partial charge in [0.15, 0.2) is 5.11 Å². The first-order valence-electron chi connectivity index (χ1n) is 7.57. The molecule has 1 aliphatic rings. The Kier molecular flexibility index (Phi) is 7.02. The highest BCUT2D eigenvalue weighted by Crippen LogP contribution is 2.15. The summed E-state index contributed by atoms with van der Waals surface area (Å²) in [4.78, 5) is 2.04. The fourth-order valence-corrected chi connectivity index (χ4v) is 2.72. The average Bonchev–Trinajstić information content (AvgIpc) is 3.00. The lowest BCUT2D eigenvalue weighted by Gasteiger charge is -2.28. The minimum Gasteiger partial charge on any atom is -0.383 e. The number of halogens is 1. The number of benzene rings is 1. The zero-order chi connectivity index (χ0) is 15.8. The van der Waals surface area contributed by atoms with Crippen LogP contribution in [0.3, 0.4) is 0 Å². The quantitative estimate of drug-likeness (QED) is 0.614. The first-order valence-corrected chi connectivity index (χ1v) is 7.97. The Morgan fingerprint density at radius 2 is 2.41 bits per heavy atom. The number of hydrogen-bond acceptors (Lipinski definition) is 3. The van der Waals surface area contributed by atoms with Crippen molar-refractivity contribution in [2.24, 2.45) is 0 Å². The second-order valence-corrected chi connectivity index (χ2v) is 5.76. The summed E-state index contributed by atoms with van der Waals surface area (Å²) in [6, 6.07) is 6.61. The molecule has 4 nitrogen and oxygen atoms in total. The molecule has 0 saturated carbocycles. The van der Waals surface area contributed by atoms with Gasteiger partial charge in [0.1, 0.15) is 5.82 Å². The molecule has 0 aromatic heterocycles. The molecule has 0 spiro atoms. The van der Waals surface area contributed by atoms with E-state index in [2.05, 4.69) is 5.32 Å². The van der Waals surface area contributed by atoms with Crippen LogP contribution in [0.4, 0.5) is 4.39 Å². The van der Waals surface area contributed by atoms with E-state index in [1.807, 2.05) is 11.0 Å². The molecule has 2 rings (SSSR count). The Morgan fingerprint density at radius 3 is 3.09 bits per heavy atom. The van der Waals surface area contributed by atoms with Gasteiger partial charge in [-0.2, -0.15) is 0 Å². The predicted octanol–water partition coefficient (Wildman–Crippen LogP) is 2.33. The van der Waals surface area contributed by atoms with Crippen molar-refractivity contribution in [2.45, 2.75) is 25.5 Å². The van der Waals surface area contributed by atoms with E-state index in [0.717, 1.165) is 31.6 Å². The molecule has 1 atom stereocenters. The largest absolute Gasteiger partial charge is 0.383 e. The smallest absolute Gasteiger partial charge is 0.169 e. The van der Waals surface area contributed by atoms with Gasteiger partial charge in [-0.05, 0) is 42.8 Å². The van der Waals surface area contributed by atoms with E-state index >= 15 is 0 Å². The van der Waals surface area contributed by atoms with Crippen LogP contribution in [0.5, 0.6) is 0 Å². The minimum absolute atomic E-state index is 0.190. The van der Waals surface area contributed by atoms with Gasteiger partial charge in [-0.25, -0.2) is 4.39 Å². The van der Waals surface area contributed by atoms with Gasteiger partial charge in [-0.1, -0.05) is 12.1 Å². The van der Waals surface area contributed by atoms with Crippen molar-refractivity contribution in [1.29, 1.82) is 0 Å². The molecule has 122 valence electrons. The molecular formula is C16H23FN2O2S. The summed E-state index contributed by atoms with van der Waals surface area (Å²) in [6.07, 6.45) is 2.32. The van der Waals surface area contributed by atoms with Crippen LogP contribution in [-0.2, 0) is 16.0 Å². The van der Waals surface area contributed by atoms with E-state index in [-0.39, 0.29) is 11.9 Å². The maximum atomic E-state index is 13.4. The van der Waals surface area contributed by atoms with Crippen LogP contribution >= 0.6 is 12.2 Å². The highest BCUT2D eigenvalue weighted by atomic mass is 32.1. The fourth-order valence-electron chi connectivity index (χ4n) is 2.48. The molecule has 0 amide bonds. The molecule has 6 heteroatoms. The first-order chi connectivity index (χ1) is 10.7. The fraction of sp³-hybridized carbons (Fsp3) is 0.562. The Hall–Kier alpha value is -1.24. The Bertz CT molecular complexity index is 481. The highest BCUT2D eigenvalue weighted by Gasteiger charge is 2.21. The van der Waals surface area contributed by atoms with Gasteiger partial charge in [0.2, 0.25) is 0 Å². The average molecular weight is 326 g/mol. The lowest BCUT2D eigenvalue weighted by Crippen LogP contribution is -2.44. The van der Waals surface area contributed by atoms with Gasteiger partial charge in [0.05, 0.1) is 12.7 Å².